The van der Waals surface area contributed by atoms with Crippen molar-refractivity contribution < 1.29 is 19.1 Å². The van der Waals surface area contributed by atoms with Crippen molar-refractivity contribution in [1.29, 1.82) is 0 Å². The van der Waals surface area contributed by atoms with E-state index >= 15 is 0 Å². The fraction of sp³-hybridized carbons (Fsp3) is 0.385. The standard InChI is InChI=1S/C13H14FNO3S/c14-9-7-8(13(17)18)4-5-10(9)15-12(16)11-3-1-2-6-19-11/h4-5,7,11H,1-3,6H2,(H,15,16)(H,17,18). The van der Waals surface area contributed by atoms with Gasteiger partial charge < -0.3 is 10.4 Å². The van der Waals surface area contributed by atoms with Gasteiger partial charge in [-0.15, -0.1) is 11.8 Å². The largest absolute Gasteiger partial charge is 0.478 e. The van der Waals surface area contributed by atoms with Gasteiger partial charge >= 0.3 is 5.97 Å². The van der Waals surface area contributed by atoms with E-state index in [9.17, 15) is 14.0 Å². The minimum absolute atomic E-state index is 0.0289. The molecular weight excluding hydrogens is 269 g/mol. The van der Waals surface area contributed by atoms with Crippen molar-refractivity contribution in [1.82, 2.24) is 0 Å². The van der Waals surface area contributed by atoms with Gasteiger partial charge in [-0.05, 0) is 36.8 Å². The van der Waals surface area contributed by atoms with E-state index in [0.717, 1.165) is 31.1 Å². The third-order valence-electron chi connectivity index (χ3n) is 2.95. The van der Waals surface area contributed by atoms with Crippen molar-refractivity contribution in [2.45, 2.75) is 24.5 Å². The van der Waals surface area contributed by atoms with Crippen LogP contribution >= 0.6 is 11.8 Å². The van der Waals surface area contributed by atoms with Crippen molar-refractivity contribution in [2.24, 2.45) is 0 Å². The van der Waals surface area contributed by atoms with Crippen molar-refractivity contribution in [2.75, 3.05) is 11.1 Å². The predicted octanol–water partition coefficient (Wildman–Crippen LogP) is 2.75. The molecule has 0 radical (unpaired) electrons. The van der Waals surface area contributed by atoms with Crippen LogP contribution in [-0.4, -0.2) is 28.0 Å². The van der Waals surface area contributed by atoms with Gasteiger partial charge in [0.15, 0.2) is 0 Å². The van der Waals surface area contributed by atoms with Crippen LogP contribution in [-0.2, 0) is 4.79 Å². The minimum Gasteiger partial charge on any atom is -0.478 e. The number of thioether (sulfide) groups is 1. The van der Waals surface area contributed by atoms with Crippen molar-refractivity contribution in [3.05, 3.63) is 29.6 Å². The number of anilines is 1. The molecule has 1 aliphatic rings. The third-order valence-corrected chi connectivity index (χ3v) is 4.32. The first-order valence-corrected chi connectivity index (χ1v) is 7.08. The first kappa shape index (κ1) is 13.9. The molecule has 1 heterocycles. The summed E-state index contributed by atoms with van der Waals surface area (Å²) in [4.78, 5) is 22.6. The van der Waals surface area contributed by atoms with E-state index in [4.69, 9.17) is 5.11 Å². The number of halogens is 1. The lowest BCUT2D eigenvalue weighted by Gasteiger charge is -2.20. The highest BCUT2D eigenvalue weighted by Crippen LogP contribution is 2.26. The number of amides is 1. The number of aromatic carboxylic acids is 1. The number of carbonyl (C=O) groups excluding carboxylic acids is 1. The van der Waals surface area contributed by atoms with Crippen LogP contribution in [0.1, 0.15) is 29.6 Å². The lowest BCUT2D eigenvalue weighted by molar-refractivity contribution is -0.115. The molecule has 1 aliphatic heterocycles. The third kappa shape index (κ3) is 3.47. The molecule has 1 aromatic rings. The summed E-state index contributed by atoms with van der Waals surface area (Å²) in [5, 5.41) is 11.1. The number of hydrogen-bond donors (Lipinski definition) is 2. The predicted molar refractivity (Wildman–Crippen MR) is 72.1 cm³/mol. The second kappa shape index (κ2) is 6.06. The SMILES string of the molecule is O=C(O)c1ccc(NC(=O)C2CCCCS2)c(F)c1. The summed E-state index contributed by atoms with van der Waals surface area (Å²) in [7, 11) is 0. The number of rotatable bonds is 3. The van der Waals surface area contributed by atoms with Crippen LogP contribution in [0.3, 0.4) is 0 Å². The molecule has 1 atom stereocenters. The molecule has 2 N–H and O–H groups in total. The Balaban J connectivity index is 2.06. The van der Waals surface area contributed by atoms with E-state index in [1.54, 1.807) is 11.8 Å². The average Bonchev–Trinajstić information content (AvgIpc) is 2.41. The molecule has 102 valence electrons. The Morgan fingerprint density at radius 3 is 2.74 bits per heavy atom. The highest BCUT2D eigenvalue weighted by Gasteiger charge is 2.22. The van der Waals surface area contributed by atoms with E-state index < -0.39 is 11.8 Å². The van der Waals surface area contributed by atoms with Gasteiger partial charge in [-0.3, -0.25) is 4.79 Å². The molecule has 2 rings (SSSR count). The average molecular weight is 283 g/mol. The summed E-state index contributed by atoms with van der Waals surface area (Å²) in [6, 6.07) is 3.46. The first-order chi connectivity index (χ1) is 9.08. The van der Waals surface area contributed by atoms with Gasteiger partial charge in [0, 0.05) is 0 Å². The fourth-order valence-corrected chi connectivity index (χ4v) is 3.11. The number of hydrogen-bond acceptors (Lipinski definition) is 3. The smallest absolute Gasteiger partial charge is 0.335 e. The van der Waals surface area contributed by atoms with Crippen molar-refractivity contribution in [3.63, 3.8) is 0 Å². The van der Waals surface area contributed by atoms with E-state index in [0.29, 0.717) is 0 Å². The quantitative estimate of drug-likeness (QED) is 0.895. The molecule has 0 spiro atoms. The Morgan fingerprint density at radius 2 is 2.16 bits per heavy atom. The molecule has 0 aromatic heterocycles. The monoisotopic (exact) mass is 283 g/mol. The molecule has 1 aromatic carbocycles. The Morgan fingerprint density at radius 1 is 1.37 bits per heavy atom. The van der Waals surface area contributed by atoms with Gasteiger partial charge in [-0.1, -0.05) is 6.42 Å². The maximum Gasteiger partial charge on any atom is 0.335 e. The number of benzene rings is 1. The Kier molecular flexibility index (Phi) is 4.42. The van der Waals surface area contributed by atoms with Gasteiger partial charge in [0.05, 0.1) is 16.5 Å². The summed E-state index contributed by atoms with van der Waals surface area (Å²) in [6.07, 6.45) is 2.91. The maximum atomic E-state index is 13.7. The molecule has 1 saturated heterocycles. The molecule has 0 bridgehead atoms. The minimum atomic E-state index is -1.19. The van der Waals surface area contributed by atoms with Crippen LogP contribution in [0.15, 0.2) is 18.2 Å². The molecular formula is C13H14FNO3S. The Hall–Kier alpha value is -1.56. The molecule has 19 heavy (non-hydrogen) atoms. The molecule has 4 nitrogen and oxygen atoms in total. The highest BCUT2D eigenvalue weighted by molar-refractivity contribution is 8.00. The molecule has 1 amide bonds. The summed E-state index contributed by atoms with van der Waals surface area (Å²) in [5.74, 6) is -1.20. The number of carboxylic acids is 1. The molecule has 1 fully saturated rings. The maximum absolute atomic E-state index is 13.7. The van der Waals surface area contributed by atoms with Crippen LogP contribution in [0.5, 0.6) is 0 Å². The molecule has 6 heteroatoms. The zero-order valence-corrected chi connectivity index (χ0v) is 11.0. The van der Waals surface area contributed by atoms with Crippen LogP contribution in [0, 0.1) is 5.82 Å². The van der Waals surface area contributed by atoms with E-state index in [1.165, 1.54) is 12.1 Å². The van der Waals surface area contributed by atoms with Gasteiger partial charge in [0.1, 0.15) is 5.82 Å². The van der Waals surface area contributed by atoms with Crippen molar-refractivity contribution in [3.8, 4) is 0 Å². The van der Waals surface area contributed by atoms with E-state index in [2.05, 4.69) is 5.32 Å². The van der Waals surface area contributed by atoms with Crippen LogP contribution in [0.25, 0.3) is 0 Å². The van der Waals surface area contributed by atoms with Gasteiger partial charge in [-0.25, -0.2) is 9.18 Å². The Bertz CT molecular complexity index is 501. The molecule has 0 aliphatic carbocycles. The zero-order valence-electron chi connectivity index (χ0n) is 10.2. The molecule has 0 saturated carbocycles. The molecule has 1 unspecified atom stereocenters. The second-order valence-electron chi connectivity index (χ2n) is 4.34. The van der Waals surface area contributed by atoms with E-state index in [1.807, 2.05) is 0 Å². The zero-order chi connectivity index (χ0) is 13.8. The normalized spacial score (nSPS) is 18.9. The lowest BCUT2D eigenvalue weighted by atomic mass is 10.1. The lowest BCUT2D eigenvalue weighted by Crippen LogP contribution is -2.27. The van der Waals surface area contributed by atoms with Gasteiger partial charge in [0.25, 0.3) is 0 Å². The topological polar surface area (TPSA) is 66.4 Å². The van der Waals surface area contributed by atoms with Gasteiger partial charge in [-0.2, -0.15) is 0 Å². The summed E-state index contributed by atoms with van der Waals surface area (Å²) < 4.78 is 13.7. The number of carboxylic acid groups (broad SMARTS) is 1. The highest BCUT2D eigenvalue weighted by atomic mass is 32.2. The van der Waals surface area contributed by atoms with Crippen LogP contribution in [0.4, 0.5) is 10.1 Å². The fourth-order valence-electron chi connectivity index (χ4n) is 1.91. The first-order valence-electron chi connectivity index (χ1n) is 6.03. The Labute approximate surface area is 114 Å². The van der Waals surface area contributed by atoms with Crippen molar-refractivity contribution >= 4 is 29.3 Å². The summed E-state index contributed by atoms with van der Waals surface area (Å²) in [6.45, 7) is 0. The number of nitrogens with one attached hydrogen (secondary N) is 1. The summed E-state index contributed by atoms with van der Waals surface area (Å²) >= 11 is 1.58. The van der Waals surface area contributed by atoms with Crippen LogP contribution < -0.4 is 5.32 Å². The van der Waals surface area contributed by atoms with Crippen LogP contribution in [0.2, 0.25) is 0 Å². The van der Waals surface area contributed by atoms with E-state index in [-0.39, 0.29) is 22.4 Å². The summed E-state index contributed by atoms with van der Waals surface area (Å²) in [5.41, 5.74) is -0.108. The second-order valence-corrected chi connectivity index (χ2v) is 5.65. The van der Waals surface area contributed by atoms with Gasteiger partial charge in [0.2, 0.25) is 5.91 Å². The number of carbonyl (C=O) groups is 2.